The monoisotopic (exact) mass is 600 g/mol. The molecule has 0 fully saturated rings. The Kier molecular flexibility index (Phi) is 11.7. The molecule has 0 spiro atoms. The first-order valence-electron chi connectivity index (χ1n) is 13.2. The van der Waals surface area contributed by atoms with Crippen LogP contribution in [0.15, 0.2) is 48.0 Å². The molecule has 1 aromatic carbocycles. The number of nitrogens with two attached hydrogens (primary N) is 3. The molecule has 0 radical (unpaired) electrons. The van der Waals surface area contributed by atoms with Gasteiger partial charge in [0.25, 0.3) is 0 Å². The number of hydrogen-bond donors (Lipinski definition) is 10. The van der Waals surface area contributed by atoms with Crippen LogP contribution < -0.4 is 33.2 Å². The van der Waals surface area contributed by atoms with E-state index in [2.05, 4.69) is 48.5 Å². The number of rotatable bonds is 16. The topological polar surface area (TPSA) is 259 Å². The van der Waals surface area contributed by atoms with Gasteiger partial charge >= 0.3 is 5.97 Å². The van der Waals surface area contributed by atoms with Crippen LogP contribution in [0.4, 0.5) is 0 Å². The van der Waals surface area contributed by atoms with Crippen LogP contribution in [-0.2, 0) is 32.0 Å². The van der Waals surface area contributed by atoms with E-state index in [1.165, 1.54) is 12.5 Å². The number of nitrogens with one attached hydrogen (secondary N) is 5. The highest BCUT2D eigenvalue weighted by atomic mass is 32.1. The van der Waals surface area contributed by atoms with E-state index in [0.29, 0.717) is 12.1 Å². The van der Waals surface area contributed by atoms with Crippen molar-refractivity contribution < 1.29 is 24.3 Å². The molecule has 4 atom stereocenters. The third-order valence-corrected chi connectivity index (χ3v) is 6.80. The summed E-state index contributed by atoms with van der Waals surface area (Å²) in [5.41, 5.74) is 19.1. The Hall–Kier alpha value is -4.57. The van der Waals surface area contributed by atoms with Crippen LogP contribution in [0.1, 0.15) is 24.1 Å². The fraction of sp³-hybridized carbons (Fsp3) is 0.385. The van der Waals surface area contributed by atoms with Crippen LogP contribution in [0, 0.1) is 0 Å². The second-order valence-electron chi connectivity index (χ2n) is 9.60. The highest BCUT2D eigenvalue weighted by Crippen LogP contribution is 2.19. The molecule has 2 heterocycles. The predicted molar refractivity (Wildman–Crippen MR) is 159 cm³/mol. The van der Waals surface area contributed by atoms with Gasteiger partial charge in [0, 0.05) is 47.7 Å². The van der Waals surface area contributed by atoms with Crippen LogP contribution >= 0.6 is 12.6 Å². The molecule has 42 heavy (non-hydrogen) atoms. The van der Waals surface area contributed by atoms with Crippen molar-refractivity contribution in [1.29, 1.82) is 0 Å². The van der Waals surface area contributed by atoms with Crippen LogP contribution in [-0.4, -0.2) is 86.2 Å². The number of hydrogen-bond acceptors (Lipinski definition) is 8. The molecule has 0 aliphatic rings. The Morgan fingerprint density at radius 2 is 1.67 bits per heavy atom. The number of aromatic nitrogens is 3. The lowest BCUT2D eigenvalue weighted by Gasteiger charge is -2.24. The van der Waals surface area contributed by atoms with Crippen molar-refractivity contribution >= 4 is 53.2 Å². The zero-order chi connectivity index (χ0) is 30.6. The van der Waals surface area contributed by atoms with Gasteiger partial charge in [0.15, 0.2) is 5.96 Å². The summed E-state index contributed by atoms with van der Waals surface area (Å²) in [5, 5.41) is 18.1. The van der Waals surface area contributed by atoms with Gasteiger partial charge in [0.2, 0.25) is 17.7 Å². The Bertz CT molecular complexity index is 1390. The maximum atomic E-state index is 13.3. The average Bonchev–Trinajstić information content (AvgIpc) is 3.62. The van der Waals surface area contributed by atoms with Crippen LogP contribution in [0.25, 0.3) is 10.9 Å². The molecule has 0 aliphatic carbocycles. The summed E-state index contributed by atoms with van der Waals surface area (Å²) >= 11 is 4.16. The number of carbonyl (C=O) groups excluding carboxylic acids is 3. The number of nitrogens with zero attached hydrogens (tertiary/aromatic N) is 2. The van der Waals surface area contributed by atoms with Crippen molar-refractivity contribution in [3.63, 3.8) is 0 Å². The number of fused-ring (bicyclic) bond motifs is 1. The van der Waals surface area contributed by atoms with E-state index in [1.807, 2.05) is 24.3 Å². The number of carbonyl (C=O) groups is 4. The summed E-state index contributed by atoms with van der Waals surface area (Å²) in [6, 6.07) is 3.07. The van der Waals surface area contributed by atoms with Crippen molar-refractivity contribution in [2.24, 2.45) is 22.2 Å². The highest BCUT2D eigenvalue weighted by Gasteiger charge is 2.30. The van der Waals surface area contributed by atoms with E-state index in [0.717, 1.165) is 16.5 Å². The third kappa shape index (κ3) is 9.24. The van der Waals surface area contributed by atoms with Crippen LogP contribution in [0.3, 0.4) is 0 Å². The minimum absolute atomic E-state index is 0.0286. The molecular weight excluding hydrogens is 564 g/mol. The number of guanidine groups is 1. The van der Waals surface area contributed by atoms with Crippen molar-refractivity contribution in [3.05, 3.63) is 54.2 Å². The minimum atomic E-state index is -1.26. The van der Waals surface area contributed by atoms with Gasteiger partial charge in [-0.3, -0.25) is 19.4 Å². The van der Waals surface area contributed by atoms with Gasteiger partial charge in [0.05, 0.1) is 12.4 Å². The Morgan fingerprint density at radius 1 is 0.976 bits per heavy atom. The molecule has 3 rings (SSSR count). The minimum Gasteiger partial charge on any atom is -0.480 e. The highest BCUT2D eigenvalue weighted by molar-refractivity contribution is 7.80. The normalized spacial score (nSPS) is 13.9. The lowest BCUT2D eigenvalue weighted by molar-refractivity contribution is -0.142. The van der Waals surface area contributed by atoms with E-state index in [9.17, 15) is 24.3 Å². The standard InChI is InChI=1S/C26H36N10O5S/c27-17(8-14-10-32-18-5-2-1-4-16(14)18)22(37)35-20(9-15-11-30-13-33-15)23(38)36-21(12-42)24(39)34-19(25(40)41)6-3-7-31-26(28)29/h1-2,4-5,10-11,13,17,19-21,32,42H,3,6-9,12,27H2,(H,30,33)(H,34,39)(H,35,37)(H,36,38)(H,40,41)(H4,28,29,31). The van der Waals surface area contributed by atoms with E-state index < -0.39 is 47.9 Å². The SMILES string of the molecule is NC(N)=NCCCC(NC(=O)C(CS)NC(=O)C(Cc1cnc[nH]1)NC(=O)C(N)Cc1c[nH]c2ccccc12)C(=O)O. The zero-order valence-corrected chi connectivity index (χ0v) is 23.6. The summed E-state index contributed by atoms with van der Waals surface area (Å²) in [4.78, 5) is 64.7. The third-order valence-electron chi connectivity index (χ3n) is 6.44. The average molecular weight is 601 g/mol. The molecule has 15 nitrogen and oxygen atoms in total. The Morgan fingerprint density at radius 3 is 2.33 bits per heavy atom. The van der Waals surface area contributed by atoms with E-state index in [4.69, 9.17) is 17.2 Å². The first-order valence-corrected chi connectivity index (χ1v) is 13.8. The lowest BCUT2D eigenvalue weighted by Crippen LogP contribution is -2.58. The van der Waals surface area contributed by atoms with E-state index >= 15 is 0 Å². The number of aliphatic carboxylic acids is 1. The quantitative estimate of drug-likeness (QED) is 0.0397. The summed E-state index contributed by atoms with van der Waals surface area (Å²) in [5.74, 6) is -3.53. The molecular formula is C26H36N10O5S. The Balaban J connectivity index is 1.66. The molecule has 0 saturated carbocycles. The summed E-state index contributed by atoms with van der Waals surface area (Å²) in [7, 11) is 0. The number of imidazole rings is 1. The van der Waals surface area contributed by atoms with E-state index in [1.54, 1.807) is 6.20 Å². The molecule has 3 amide bonds. The van der Waals surface area contributed by atoms with Gasteiger partial charge < -0.3 is 48.2 Å². The smallest absolute Gasteiger partial charge is 0.326 e. The molecule has 226 valence electrons. The largest absolute Gasteiger partial charge is 0.480 e. The van der Waals surface area contributed by atoms with Gasteiger partial charge in [-0.05, 0) is 30.9 Å². The number of aromatic amines is 2. The zero-order valence-electron chi connectivity index (χ0n) is 22.7. The summed E-state index contributed by atoms with van der Waals surface area (Å²) in [6.07, 6.45) is 5.31. The van der Waals surface area contributed by atoms with Crippen molar-refractivity contribution in [2.75, 3.05) is 12.3 Å². The molecule has 12 N–H and O–H groups in total. The first kappa shape index (κ1) is 32.0. The number of carboxylic acid groups (broad SMARTS) is 1. The number of amides is 3. The van der Waals surface area contributed by atoms with Crippen molar-refractivity contribution in [2.45, 2.75) is 49.9 Å². The maximum absolute atomic E-state index is 13.3. The van der Waals surface area contributed by atoms with Crippen LogP contribution in [0.2, 0.25) is 0 Å². The van der Waals surface area contributed by atoms with Gasteiger partial charge in [0.1, 0.15) is 18.1 Å². The van der Waals surface area contributed by atoms with Gasteiger partial charge in [-0.1, -0.05) is 18.2 Å². The fourth-order valence-corrected chi connectivity index (χ4v) is 4.49. The Labute approximate surface area is 246 Å². The van der Waals surface area contributed by atoms with Crippen molar-refractivity contribution in [3.8, 4) is 0 Å². The number of aliphatic imine (C=N–C) groups is 1. The molecule has 0 aliphatic heterocycles. The number of H-pyrrole nitrogens is 2. The van der Waals surface area contributed by atoms with Gasteiger partial charge in [-0.15, -0.1) is 0 Å². The molecule has 3 aromatic rings. The predicted octanol–water partition coefficient (Wildman–Crippen LogP) is -1.47. The second-order valence-corrected chi connectivity index (χ2v) is 9.97. The molecule has 2 aromatic heterocycles. The van der Waals surface area contributed by atoms with Crippen LogP contribution in [0.5, 0.6) is 0 Å². The molecule has 16 heteroatoms. The number of para-hydroxylation sites is 1. The molecule has 0 saturated heterocycles. The lowest BCUT2D eigenvalue weighted by atomic mass is 10.0. The first-order chi connectivity index (χ1) is 20.1. The second kappa shape index (κ2) is 15.4. The number of thiol groups is 1. The summed E-state index contributed by atoms with van der Waals surface area (Å²) < 4.78 is 0. The van der Waals surface area contributed by atoms with Gasteiger partial charge in [-0.2, -0.15) is 12.6 Å². The van der Waals surface area contributed by atoms with E-state index in [-0.39, 0.29) is 37.5 Å². The molecule has 4 unspecified atom stereocenters. The fourth-order valence-electron chi connectivity index (χ4n) is 4.23. The van der Waals surface area contributed by atoms with Crippen molar-refractivity contribution in [1.82, 2.24) is 30.9 Å². The molecule has 0 bridgehead atoms. The van der Waals surface area contributed by atoms with Gasteiger partial charge in [-0.25, -0.2) is 9.78 Å². The number of benzene rings is 1. The number of carboxylic acids is 1. The maximum Gasteiger partial charge on any atom is 0.326 e. The summed E-state index contributed by atoms with van der Waals surface area (Å²) in [6.45, 7) is 0.187.